The highest BCUT2D eigenvalue weighted by Gasteiger charge is 2.09. The summed E-state index contributed by atoms with van der Waals surface area (Å²) >= 11 is 0. The van der Waals surface area contributed by atoms with Gasteiger partial charge in [-0.15, -0.1) is 0 Å². The number of hydrogen-bond donors (Lipinski definition) is 2. The second-order valence-corrected chi connectivity index (χ2v) is 3.25. The Balaban J connectivity index is 2.24. The van der Waals surface area contributed by atoms with Gasteiger partial charge in [-0.25, -0.2) is 0 Å². The lowest BCUT2D eigenvalue weighted by molar-refractivity contribution is 0.0626. The number of methoxy groups -OCH3 is 1. The van der Waals surface area contributed by atoms with E-state index in [2.05, 4.69) is 5.32 Å². The van der Waals surface area contributed by atoms with E-state index in [0.717, 1.165) is 5.76 Å². The maximum Gasteiger partial charge on any atom is 0.120 e. The fourth-order valence-corrected chi connectivity index (χ4v) is 1.20. The molecule has 2 N–H and O–H groups in total. The van der Waals surface area contributed by atoms with Crippen molar-refractivity contribution in [3.63, 3.8) is 0 Å². The first-order chi connectivity index (χ1) is 6.74. The Morgan fingerprint density at radius 1 is 1.64 bits per heavy atom. The van der Waals surface area contributed by atoms with E-state index in [0.29, 0.717) is 13.2 Å². The van der Waals surface area contributed by atoms with Crippen LogP contribution in [0.3, 0.4) is 0 Å². The van der Waals surface area contributed by atoms with Crippen LogP contribution in [0.2, 0.25) is 0 Å². The van der Waals surface area contributed by atoms with Crippen molar-refractivity contribution in [3.8, 4) is 0 Å². The van der Waals surface area contributed by atoms with E-state index in [1.807, 2.05) is 19.1 Å². The van der Waals surface area contributed by atoms with Gasteiger partial charge in [0, 0.05) is 13.7 Å². The van der Waals surface area contributed by atoms with Gasteiger partial charge in [-0.2, -0.15) is 0 Å². The maximum atomic E-state index is 9.38. The number of hydrogen-bond acceptors (Lipinski definition) is 4. The van der Waals surface area contributed by atoms with Crippen molar-refractivity contribution >= 4 is 0 Å². The molecular weight excluding hydrogens is 182 g/mol. The van der Waals surface area contributed by atoms with Crippen LogP contribution in [0.5, 0.6) is 0 Å². The van der Waals surface area contributed by atoms with Crippen molar-refractivity contribution in [3.05, 3.63) is 24.2 Å². The quantitative estimate of drug-likeness (QED) is 0.716. The molecule has 1 aromatic rings. The summed E-state index contributed by atoms with van der Waals surface area (Å²) < 4.78 is 10.0. The SMILES string of the molecule is COCC(O)CNC(C)c1ccco1. The van der Waals surface area contributed by atoms with Crippen molar-refractivity contribution in [1.82, 2.24) is 5.32 Å². The van der Waals surface area contributed by atoms with Crippen LogP contribution in [-0.2, 0) is 4.74 Å². The van der Waals surface area contributed by atoms with Crippen LogP contribution in [0.1, 0.15) is 18.7 Å². The highest BCUT2D eigenvalue weighted by atomic mass is 16.5. The number of furan rings is 1. The molecule has 2 unspecified atom stereocenters. The number of aliphatic hydroxyl groups is 1. The van der Waals surface area contributed by atoms with E-state index in [4.69, 9.17) is 9.15 Å². The standard InChI is InChI=1S/C10H17NO3/c1-8(10-4-3-5-14-10)11-6-9(12)7-13-2/h3-5,8-9,11-12H,6-7H2,1-2H3. The van der Waals surface area contributed by atoms with Gasteiger partial charge in [-0.3, -0.25) is 0 Å². The fraction of sp³-hybridized carbons (Fsp3) is 0.600. The molecule has 1 aromatic heterocycles. The molecule has 0 saturated heterocycles. The van der Waals surface area contributed by atoms with Crippen molar-refractivity contribution in [2.45, 2.75) is 19.1 Å². The molecule has 0 spiro atoms. The molecular formula is C10H17NO3. The highest BCUT2D eigenvalue weighted by molar-refractivity contribution is 5.02. The lowest BCUT2D eigenvalue weighted by Crippen LogP contribution is -2.31. The number of nitrogens with one attached hydrogen (secondary N) is 1. The van der Waals surface area contributed by atoms with Crippen LogP contribution < -0.4 is 5.32 Å². The maximum absolute atomic E-state index is 9.38. The molecule has 1 heterocycles. The molecule has 2 atom stereocenters. The molecule has 4 nitrogen and oxygen atoms in total. The van der Waals surface area contributed by atoms with Gasteiger partial charge in [0.2, 0.25) is 0 Å². The number of aliphatic hydroxyl groups excluding tert-OH is 1. The van der Waals surface area contributed by atoms with Crippen LogP contribution in [0.25, 0.3) is 0 Å². The second-order valence-electron chi connectivity index (χ2n) is 3.25. The van der Waals surface area contributed by atoms with Crippen LogP contribution in [-0.4, -0.2) is 31.5 Å². The van der Waals surface area contributed by atoms with Gasteiger partial charge in [-0.1, -0.05) is 0 Å². The van der Waals surface area contributed by atoms with E-state index in [9.17, 15) is 5.11 Å². The topological polar surface area (TPSA) is 54.6 Å². The Bertz CT molecular complexity index is 236. The van der Waals surface area contributed by atoms with E-state index in [1.54, 1.807) is 13.4 Å². The van der Waals surface area contributed by atoms with Crippen LogP contribution in [0, 0.1) is 0 Å². The van der Waals surface area contributed by atoms with Crippen molar-refractivity contribution in [1.29, 1.82) is 0 Å². The number of ether oxygens (including phenoxy) is 1. The minimum atomic E-state index is -0.475. The lowest BCUT2D eigenvalue weighted by atomic mass is 10.2. The van der Waals surface area contributed by atoms with E-state index in [1.165, 1.54) is 0 Å². The summed E-state index contributed by atoms with van der Waals surface area (Å²) in [6.45, 7) is 2.83. The molecule has 0 bridgehead atoms. The molecule has 14 heavy (non-hydrogen) atoms. The molecule has 1 rings (SSSR count). The Morgan fingerprint density at radius 2 is 2.43 bits per heavy atom. The third-order valence-electron chi connectivity index (χ3n) is 1.99. The highest BCUT2D eigenvalue weighted by Crippen LogP contribution is 2.11. The zero-order valence-electron chi connectivity index (χ0n) is 8.56. The minimum absolute atomic E-state index is 0.108. The summed E-state index contributed by atoms with van der Waals surface area (Å²) in [5.41, 5.74) is 0. The Hall–Kier alpha value is -0.840. The largest absolute Gasteiger partial charge is 0.468 e. The fourth-order valence-electron chi connectivity index (χ4n) is 1.20. The van der Waals surface area contributed by atoms with Crippen LogP contribution in [0.4, 0.5) is 0 Å². The minimum Gasteiger partial charge on any atom is -0.468 e. The normalized spacial score (nSPS) is 15.4. The summed E-state index contributed by atoms with van der Waals surface area (Å²) in [6.07, 6.45) is 1.16. The van der Waals surface area contributed by atoms with Gasteiger partial charge in [0.05, 0.1) is 25.0 Å². The lowest BCUT2D eigenvalue weighted by Gasteiger charge is -2.14. The van der Waals surface area contributed by atoms with Gasteiger partial charge < -0.3 is 19.6 Å². The molecule has 0 aliphatic heterocycles. The molecule has 0 saturated carbocycles. The van der Waals surface area contributed by atoms with Gasteiger partial charge in [0.15, 0.2) is 0 Å². The molecule has 4 heteroatoms. The van der Waals surface area contributed by atoms with E-state index in [-0.39, 0.29) is 6.04 Å². The Morgan fingerprint density at radius 3 is 3.00 bits per heavy atom. The second kappa shape index (κ2) is 5.80. The van der Waals surface area contributed by atoms with Gasteiger partial charge in [0.25, 0.3) is 0 Å². The average Bonchev–Trinajstić information content (AvgIpc) is 2.67. The van der Waals surface area contributed by atoms with Gasteiger partial charge >= 0.3 is 0 Å². The first kappa shape index (κ1) is 11.2. The predicted molar refractivity (Wildman–Crippen MR) is 53.0 cm³/mol. The molecule has 0 radical (unpaired) electrons. The molecule has 0 fully saturated rings. The van der Waals surface area contributed by atoms with Gasteiger partial charge in [0.1, 0.15) is 5.76 Å². The monoisotopic (exact) mass is 199 g/mol. The van der Waals surface area contributed by atoms with Crippen molar-refractivity contribution < 1.29 is 14.3 Å². The first-order valence-corrected chi connectivity index (χ1v) is 4.68. The van der Waals surface area contributed by atoms with Gasteiger partial charge in [-0.05, 0) is 19.1 Å². The van der Waals surface area contributed by atoms with Crippen molar-refractivity contribution in [2.75, 3.05) is 20.3 Å². The summed E-state index contributed by atoms with van der Waals surface area (Å²) in [4.78, 5) is 0. The third-order valence-corrected chi connectivity index (χ3v) is 1.99. The average molecular weight is 199 g/mol. The molecule has 0 aromatic carbocycles. The zero-order chi connectivity index (χ0) is 10.4. The van der Waals surface area contributed by atoms with E-state index < -0.39 is 6.10 Å². The van der Waals surface area contributed by atoms with Crippen molar-refractivity contribution in [2.24, 2.45) is 0 Å². The first-order valence-electron chi connectivity index (χ1n) is 4.68. The zero-order valence-corrected chi connectivity index (χ0v) is 8.56. The smallest absolute Gasteiger partial charge is 0.120 e. The summed E-state index contributed by atoms with van der Waals surface area (Å²) in [5, 5.41) is 12.5. The molecule has 0 amide bonds. The van der Waals surface area contributed by atoms with E-state index >= 15 is 0 Å². The summed E-state index contributed by atoms with van der Waals surface area (Å²) in [7, 11) is 1.57. The Labute approximate surface area is 83.9 Å². The Kier molecular flexibility index (Phi) is 4.65. The molecule has 80 valence electrons. The van der Waals surface area contributed by atoms with Crippen LogP contribution >= 0.6 is 0 Å². The summed E-state index contributed by atoms with van der Waals surface area (Å²) in [5.74, 6) is 0.870. The number of rotatable bonds is 6. The predicted octanol–water partition coefficient (Wildman–Crippen LogP) is 0.937. The van der Waals surface area contributed by atoms with Crippen LogP contribution in [0.15, 0.2) is 22.8 Å². The third kappa shape index (κ3) is 3.49. The summed E-state index contributed by atoms with van der Waals surface area (Å²) in [6, 6.07) is 3.86. The molecule has 0 aliphatic carbocycles. The molecule has 0 aliphatic rings.